The monoisotopic (exact) mass is 338 g/mol. The Labute approximate surface area is 141 Å². The van der Waals surface area contributed by atoms with Gasteiger partial charge in [0.1, 0.15) is 0 Å². The van der Waals surface area contributed by atoms with E-state index >= 15 is 0 Å². The SMILES string of the molecule is CSc1ccc(Cl)c(C(=O)N2CCC(C3CCCN3)CC2)c1. The Balaban J connectivity index is 1.64. The lowest BCUT2D eigenvalue weighted by Gasteiger charge is -2.35. The third-order valence-electron chi connectivity index (χ3n) is 4.90. The van der Waals surface area contributed by atoms with Crippen molar-refractivity contribution in [1.82, 2.24) is 10.2 Å². The van der Waals surface area contributed by atoms with Crippen LogP contribution in [0.25, 0.3) is 0 Å². The van der Waals surface area contributed by atoms with Crippen LogP contribution >= 0.6 is 23.4 Å². The molecule has 0 bridgehead atoms. The summed E-state index contributed by atoms with van der Waals surface area (Å²) in [6.07, 6.45) is 6.80. The van der Waals surface area contributed by atoms with Crippen LogP contribution in [0.3, 0.4) is 0 Å². The van der Waals surface area contributed by atoms with Crippen LogP contribution in [0.2, 0.25) is 5.02 Å². The van der Waals surface area contributed by atoms with Crippen molar-refractivity contribution in [2.24, 2.45) is 5.92 Å². The van der Waals surface area contributed by atoms with E-state index in [0.29, 0.717) is 16.6 Å². The number of benzene rings is 1. The molecular formula is C17H23ClN2OS. The van der Waals surface area contributed by atoms with E-state index in [4.69, 9.17) is 11.6 Å². The van der Waals surface area contributed by atoms with Crippen molar-refractivity contribution in [3.63, 3.8) is 0 Å². The molecule has 22 heavy (non-hydrogen) atoms. The summed E-state index contributed by atoms with van der Waals surface area (Å²) in [6, 6.07) is 6.37. The number of halogens is 1. The lowest BCUT2D eigenvalue weighted by molar-refractivity contribution is 0.0674. The number of hydrogen-bond donors (Lipinski definition) is 1. The molecule has 0 aromatic heterocycles. The first-order valence-electron chi connectivity index (χ1n) is 8.05. The van der Waals surface area contributed by atoms with Crippen LogP contribution in [0.5, 0.6) is 0 Å². The topological polar surface area (TPSA) is 32.3 Å². The van der Waals surface area contributed by atoms with E-state index in [-0.39, 0.29) is 5.91 Å². The van der Waals surface area contributed by atoms with Gasteiger partial charge in [-0.05, 0) is 62.6 Å². The number of amides is 1. The highest BCUT2D eigenvalue weighted by atomic mass is 35.5. The summed E-state index contributed by atoms with van der Waals surface area (Å²) in [4.78, 5) is 15.8. The number of likely N-dealkylation sites (tertiary alicyclic amines) is 1. The van der Waals surface area contributed by atoms with E-state index in [9.17, 15) is 4.79 Å². The van der Waals surface area contributed by atoms with E-state index < -0.39 is 0 Å². The Morgan fingerprint density at radius 1 is 1.32 bits per heavy atom. The van der Waals surface area contributed by atoms with Gasteiger partial charge in [-0.1, -0.05) is 11.6 Å². The van der Waals surface area contributed by atoms with Gasteiger partial charge in [-0.25, -0.2) is 0 Å². The van der Waals surface area contributed by atoms with Gasteiger partial charge >= 0.3 is 0 Å². The van der Waals surface area contributed by atoms with Crippen LogP contribution in [-0.2, 0) is 0 Å². The summed E-state index contributed by atoms with van der Waals surface area (Å²) < 4.78 is 0. The maximum Gasteiger partial charge on any atom is 0.255 e. The largest absolute Gasteiger partial charge is 0.339 e. The molecular weight excluding hydrogens is 316 g/mol. The van der Waals surface area contributed by atoms with Gasteiger partial charge in [0.15, 0.2) is 0 Å². The Morgan fingerprint density at radius 3 is 2.73 bits per heavy atom. The highest BCUT2D eigenvalue weighted by molar-refractivity contribution is 7.98. The van der Waals surface area contributed by atoms with Gasteiger partial charge in [-0.2, -0.15) is 0 Å². The van der Waals surface area contributed by atoms with Crippen molar-refractivity contribution in [2.45, 2.75) is 36.6 Å². The molecule has 3 nitrogen and oxygen atoms in total. The fourth-order valence-electron chi connectivity index (χ4n) is 3.58. The van der Waals surface area contributed by atoms with Crippen molar-refractivity contribution in [3.05, 3.63) is 28.8 Å². The van der Waals surface area contributed by atoms with E-state index in [1.807, 2.05) is 29.4 Å². The number of carbonyl (C=O) groups excluding carboxylic acids is 1. The molecule has 2 fully saturated rings. The van der Waals surface area contributed by atoms with Crippen LogP contribution in [-0.4, -0.2) is 42.7 Å². The summed E-state index contributed by atoms with van der Waals surface area (Å²) in [5.74, 6) is 0.804. The second-order valence-electron chi connectivity index (χ2n) is 6.18. The zero-order chi connectivity index (χ0) is 15.5. The lowest BCUT2D eigenvalue weighted by atomic mass is 9.88. The Morgan fingerprint density at radius 2 is 2.09 bits per heavy atom. The molecule has 120 valence electrons. The fourth-order valence-corrected chi connectivity index (χ4v) is 4.22. The van der Waals surface area contributed by atoms with E-state index in [0.717, 1.165) is 43.3 Å². The smallest absolute Gasteiger partial charge is 0.255 e. The summed E-state index contributed by atoms with van der Waals surface area (Å²) in [6.45, 7) is 2.85. The molecule has 0 aliphatic carbocycles. The van der Waals surface area contributed by atoms with Gasteiger partial charge in [-0.3, -0.25) is 4.79 Å². The molecule has 3 rings (SSSR count). The van der Waals surface area contributed by atoms with Crippen molar-refractivity contribution >= 4 is 29.3 Å². The van der Waals surface area contributed by atoms with Gasteiger partial charge < -0.3 is 10.2 Å². The maximum atomic E-state index is 12.7. The maximum absolute atomic E-state index is 12.7. The third-order valence-corrected chi connectivity index (χ3v) is 5.95. The number of nitrogens with one attached hydrogen (secondary N) is 1. The van der Waals surface area contributed by atoms with E-state index in [1.54, 1.807) is 11.8 Å². The van der Waals surface area contributed by atoms with Crippen molar-refractivity contribution in [3.8, 4) is 0 Å². The molecule has 0 radical (unpaired) electrons. The minimum absolute atomic E-state index is 0.0822. The normalized spacial score (nSPS) is 23.0. The second-order valence-corrected chi connectivity index (χ2v) is 7.47. The summed E-state index contributed by atoms with van der Waals surface area (Å²) in [7, 11) is 0. The standard InChI is InChI=1S/C17H23ClN2OS/c1-22-13-4-5-15(18)14(11-13)17(21)20-9-6-12(7-10-20)16-3-2-8-19-16/h4-5,11-12,16,19H,2-3,6-10H2,1H3. The number of piperidine rings is 1. The Bertz CT molecular complexity index is 537. The van der Waals surface area contributed by atoms with Gasteiger partial charge in [0, 0.05) is 24.0 Å². The van der Waals surface area contributed by atoms with E-state index in [1.165, 1.54) is 12.8 Å². The number of rotatable bonds is 3. The summed E-state index contributed by atoms with van der Waals surface area (Å²) in [5, 5.41) is 4.16. The number of carbonyl (C=O) groups is 1. The van der Waals surface area contributed by atoms with Crippen LogP contribution in [0, 0.1) is 5.92 Å². The van der Waals surface area contributed by atoms with Gasteiger partial charge in [-0.15, -0.1) is 11.8 Å². The van der Waals surface area contributed by atoms with Gasteiger partial charge in [0.25, 0.3) is 5.91 Å². The first kappa shape index (κ1) is 16.2. The van der Waals surface area contributed by atoms with Crippen LogP contribution in [0.15, 0.2) is 23.1 Å². The van der Waals surface area contributed by atoms with Crippen molar-refractivity contribution in [2.75, 3.05) is 25.9 Å². The van der Waals surface area contributed by atoms with Crippen LogP contribution in [0.4, 0.5) is 0 Å². The number of hydrogen-bond acceptors (Lipinski definition) is 3. The molecule has 0 saturated carbocycles. The van der Waals surface area contributed by atoms with Crippen LogP contribution in [0.1, 0.15) is 36.0 Å². The first-order chi connectivity index (χ1) is 10.7. The highest BCUT2D eigenvalue weighted by Gasteiger charge is 2.30. The molecule has 1 N–H and O–H groups in total. The Hall–Kier alpha value is -0.710. The third kappa shape index (κ3) is 3.44. The zero-order valence-corrected chi connectivity index (χ0v) is 14.6. The van der Waals surface area contributed by atoms with E-state index in [2.05, 4.69) is 5.32 Å². The first-order valence-corrected chi connectivity index (χ1v) is 9.65. The zero-order valence-electron chi connectivity index (χ0n) is 13.0. The molecule has 1 aromatic carbocycles. The molecule has 1 atom stereocenters. The molecule has 5 heteroatoms. The molecule has 1 amide bonds. The average molecular weight is 339 g/mol. The average Bonchev–Trinajstić information content (AvgIpc) is 3.09. The van der Waals surface area contributed by atoms with Crippen molar-refractivity contribution < 1.29 is 4.79 Å². The predicted octanol–water partition coefficient (Wildman–Crippen LogP) is 3.67. The Kier molecular flexibility index (Phi) is 5.32. The fraction of sp³-hybridized carbons (Fsp3) is 0.588. The minimum Gasteiger partial charge on any atom is -0.339 e. The quantitative estimate of drug-likeness (QED) is 0.853. The summed E-state index contributed by atoms with van der Waals surface area (Å²) >= 11 is 7.87. The highest BCUT2D eigenvalue weighted by Crippen LogP contribution is 2.28. The molecule has 1 aromatic rings. The molecule has 2 aliphatic heterocycles. The number of thioether (sulfide) groups is 1. The lowest BCUT2D eigenvalue weighted by Crippen LogP contribution is -2.43. The molecule has 1 unspecified atom stereocenters. The molecule has 0 spiro atoms. The molecule has 2 saturated heterocycles. The van der Waals surface area contributed by atoms with Crippen molar-refractivity contribution in [1.29, 1.82) is 0 Å². The predicted molar refractivity (Wildman–Crippen MR) is 92.9 cm³/mol. The second kappa shape index (κ2) is 7.24. The summed E-state index contributed by atoms with van der Waals surface area (Å²) in [5.41, 5.74) is 0.644. The van der Waals surface area contributed by atoms with Gasteiger partial charge in [0.2, 0.25) is 0 Å². The molecule has 2 heterocycles. The van der Waals surface area contributed by atoms with Crippen LogP contribution < -0.4 is 5.32 Å². The molecule has 2 aliphatic rings. The minimum atomic E-state index is 0.0822. The van der Waals surface area contributed by atoms with Gasteiger partial charge in [0.05, 0.1) is 10.6 Å². The number of nitrogens with zero attached hydrogens (tertiary/aromatic N) is 1.